The van der Waals surface area contributed by atoms with Crippen molar-refractivity contribution in [2.45, 2.75) is 6.42 Å². The Kier molecular flexibility index (Phi) is 5.25. The normalized spacial score (nSPS) is 19.8. The maximum Gasteiger partial charge on any atom is 0.229 e. The molecule has 2 aromatic carbocycles. The van der Waals surface area contributed by atoms with E-state index in [-0.39, 0.29) is 30.6 Å². The number of carbonyl (C=O) groups is 2. The summed E-state index contributed by atoms with van der Waals surface area (Å²) in [5.41, 5.74) is 2.30. The van der Waals surface area contributed by atoms with Crippen molar-refractivity contribution in [2.24, 2.45) is 5.92 Å². The molecule has 2 aliphatic rings. The number of rotatable bonds is 4. The number of ether oxygens (including phenoxy) is 1. The summed E-state index contributed by atoms with van der Waals surface area (Å²) in [5, 5.41) is 2.99. The van der Waals surface area contributed by atoms with Crippen molar-refractivity contribution < 1.29 is 18.7 Å². The Morgan fingerprint density at radius 2 is 1.79 bits per heavy atom. The minimum absolute atomic E-state index is 0.131. The molecule has 4 rings (SSSR count). The number of morpholine rings is 1. The summed E-state index contributed by atoms with van der Waals surface area (Å²) in [4.78, 5) is 28.9. The van der Waals surface area contributed by atoms with Crippen LogP contribution in [0.5, 0.6) is 0 Å². The van der Waals surface area contributed by atoms with E-state index in [0.29, 0.717) is 18.9 Å². The number of anilines is 3. The standard InChI is InChI=1S/C21H22FN3O3/c22-16-5-7-17(8-6-16)25-14-15(13-20(25)26)21(27)23-18-3-1-2-4-19(18)24-9-11-28-12-10-24/h1-8,15H,9-14H2,(H,23,27). The summed E-state index contributed by atoms with van der Waals surface area (Å²) in [6, 6.07) is 13.4. The van der Waals surface area contributed by atoms with Crippen LogP contribution in [0.4, 0.5) is 21.5 Å². The number of amides is 2. The van der Waals surface area contributed by atoms with Gasteiger partial charge in [-0.15, -0.1) is 0 Å². The third-order valence-electron chi connectivity index (χ3n) is 5.15. The molecule has 0 aromatic heterocycles. The van der Waals surface area contributed by atoms with Crippen molar-refractivity contribution in [1.82, 2.24) is 0 Å². The van der Waals surface area contributed by atoms with Crippen molar-refractivity contribution in [3.8, 4) is 0 Å². The monoisotopic (exact) mass is 383 g/mol. The Morgan fingerprint density at radius 3 is 2.54 bits per heavy atom. The molecule has 0 saturated carbocycles. The van der Waals surface area contributed by atoms with Gasteiger partial charge in [-0.3, -0.25) is 9.59 Å². The number of hydrogen-bond acceptors (Lipinski definition) is 4. The highest BCUT2D eigenvalue weighted by atomic mass is 19.1. The second-order valence-electron chi connectivity index (χ2n) is 6.99. The van der Waals surface area contributed by atoms with Gasteiger partial charge in [-0.25, -0.2) is 4.39 Å². The Balaban J connectivity index is 1.46. The topological polar surface area (TPSA) is 61.9 Å². The van der Waals surface area contributed by atoms with Crippen LogP contribution in [-0.4, -0.2) is 44.7 Å². The lowest BCUT2D eigenvalue weighted by Crippen LogP contribution is -2.37. The fraction of sp³-hybridized carbons (Fsp3) is 0.333. The van der Waals surface area contributed by atoms with Crippen LogP contribution in [0.1, 0.15) is 6.42 Å². The number of para-hydroxylation sites is 2. The molecule has 1 unspecified atom stereocenters. The van der Waals surface area contributed by atoms with Crippen LogP contribution in [0.25, 0.3) is 0 Å². The van der Waals surface area contributed by atoms with Crippen LogP contribution in [0.2, 0.25) is 0 Å². The summed E-state index contributed by atoms with van der Waals surface area (Å²) in [5.74, 6) is -1.12. The summed E-state index contributed by atoms with van der Waals surface area (Å²) in [6.45, 7) is 3.15. The molecule has 7 heteroatoms. The maximum atomic E-state index is 13.1. The van der Waals surface area contributed by atoms with Crippen molar-refractivity contribution in [2.75, 3.05) is 48.0 Å². The minimum atomic E-state index is -0.449. The number of hydrogen-bond donors (Lipinski definition) is 1. The van der Waals surface area contributed by atoms with Crippen molar-refractivity contribution in [3.05, 3.63) is 54.3 Å². The van der Waals surface area contributed by atoms with Crippen molar-refractivity contribution in [1.29, 1.82) is 0 Å². The lowest BCUT2D eigenvalue weighted by Gasteiger charge is -2.30. The van der Waals surface area contributed by atoms with Crippen LogP contribution < -0.4 is 15.1 Å². The van der Waals surface area contributed by atoms with Crippen LogP contribution in [0.3, 0.4) is 0 Å². The Labute approximate surface area is 162 Å². The molecule has 146 valence electrons. The zero-order valence-electron chi connectivity index (χ0n) is 15.4. The molecule has 2 fully saturated rings. The van der Waals surface area contributed by atoms with Gasteiger partial charge in [0.1, 0.15) is 5.82 Å². The van der Waals surface area contributed by atoms with E-state index in [4.69, 9.17) is 4.74 Å². The molecule has 2 aliphatic heterocycles. The smallest absolute Gasteiger partial charge is 0.229 e. The first-order valence-corrected chi connectivity index (χ1v) is 9.40. The second-order valence-corrected chi connectivity index (χ2v) is 6.99. The first-order valence-electron chi connectivity index (χ1n) is 9.40. The van der Waals surface area contributed by atoms with Gasteiger partial charge in [0, 0.05) is 31.7 Å². The molecule has 1 N–H and O–H groups in total. The lowest BCUT2D eigenvalue weighted by atomic mass is 10.1. The molecule has 1 atom stereocenters. The highest BCUT2D eigenvalue weighted by Gasteiger charge is 2.35. The van der Waals surface area contributed by atoms with Gasteiger partial charge >= 0.3 is 0 Å². The first-order chi connectivity index (χ1) is 13.6. The summed E-state index contributed by atoms with van der Waals surface area (Å²) in [7, 11) is 0. The van der Waals surface area contributed by atoms with Crippen molar-refractivity contribution >= 4 is 28.9 Å². The fourth-order valence-corrected chi connectivity index (χ4v) is 3.65. The second kappa shape index (κ2) is 7.98. The molecular weight excluding hydrogens is 361 g/mol. The van der Waals surface area contributed by atoms with E-state index in [1.54, 1.807) is 12.1 Å². The average Bonchev–Trinajstić information content (AvgIpc) is 3.11. The van der Waals surface area contributed by atoms with E-state index in [1.807, 2.05) is 24.3 Å². The third kappa shape index (κ3) is 3.84. The van der Waals surface area contributed by atoms with Crippen molar-refractivity contribution in [3.63, 3.8) is 0 Å². The average molecular weight is 383 g/mol. The van der Waals surface area contributed by atoms with Gasteiger partial charge in [-0.2, -0.15) is 0 Å². The van der Waals surface area contributed by atoms with Gasteiger partial charge in [0.15, 0.2) is 0 Å². The molecule has 2 amide bonds. The van der Waals surface area contributed by atoms with Crippen LogP contribution in [0.15, 0.2) is 48.5 Å². The molecule has 0 aliphatic carbocycles. The quantitative estimate of drug-likeness (QED) is 0.882. The Morgan fingerprint density at radius 1 is 1.07 bits per heavy atom. The summed E-state index contributed by atoms with van der Waals surface area (Å²) in [6.07, 6.45) is 0.142. The van der Waals surface area contributed by atoms with Gasteiger partial charge in [0.25, 0.3) is 0 Å². The summed E-state index contributed by atoms with van der Waals surface area (Å²) < 4.78 is 18.5. The van der Waals surface area contributed by atoms with E-state index in [9.17, 15) is 14.0 Å². The maximum absolute atomic E-state index is 13.1. The summed E-state index contributed by atoms with van der Waals surface area (Å²) >= 11 is 0. The van der Waals surface area contributed by atoms with E-state index in [0.717, 1.165) is 24.5 Å². The number of halogens is 1. The molecule has 2 heterocycles. The minimum Gasteiger partial charge on any atom is -0.378 e. The molecule has 2 aromatic rings. The van der Waals surface area contributed by atoms with Gasteiger partial charge in [0.2, 0.25) is 11.8 Å². The number of nitrogens with one attached hydrogen (secondary N) is 1. The van der Waals surface area contributed by atoms with Gasteiger partial charge in [0.05, 0.1) is 30.5 Å². The van der Waals surface area contributed by atoms with Crippen LogP contribution in [-0.2, 0) is 14.3 Å². The number of benzene rings is 2. The molecule has 2 saturated heterocycles. The SMILES string of the molecule is O=C(Nc1ccccc1N1CCOCC1)C1CC(=O)N(c2ccc(F)cc2)C1. The Hall–Kier alpha value is -2.93. The number of nitrogens with zero attached hydrogens (tertiary/aromatic N) is 2. The van der Waals surface area contributed by atoms with Crippen LogP contribution in [0, 0.1) is 11.7 Å². The molecular formula is C21H22FN3O3. The molecule has 28 heavy (non-hydrogen) atoms. The lowest BCUT2D eigenvalue weighted by molar-refractivity contribution is -0.122. The molecule has 6 nitrogen and oxygen atoms in total. The van der Waals surface area contributed by atoms with E-state index in [1.165, 1.54) is 17.0 Å². The first kappa shape index (κ1) is 18.4. The van der Waals surface area contributed by atoms with Crippen LogP contribution >= 0.6 is 0 Å². The molecule has 0 radical (unpaired) electrons. The fourth-order valence-electron chi connectivity index (χ4n) is 3.65. The largest absolute Gasteiger partial charge is 0.378 e. The van der Waals surface area contributed by atoms with E-state index in [2.05, 4.69) is 10.2 Å². The van der Waals surface area contributed by atoms with Gasteiger partial charge in [-0.05, 0) is 36.4 Å². The van der Waals surface area contributed by atoms with Gasteiger partial charge < -0.3 is 19.9 Å². The number of carbonyl (C=O) groups excluding carboxylic acids is 2. The molecule has 0 bridgehead atoms. The predicted octanol–water partition coefficient (Wildman–Crippen LogP) is 2.65. The predicted molar refractivity (Wildman–Crippen MR) is 105 cm³/mol. The zero-order chi connectivity index (χ0) is 19.5. The van der Waals surface area contributed by atoms with Gasteiger partial charge in [-0.1, -0.05) is 12.1 Å². The zero-order valence-corrected chi connectivity index (χ0v) is 15.4. The molecule has 0 spiro atoms. The highest BCUT2D eigenvalue weighted by Crippen LogP contribution is 2.29. The van der Waals surface area contributed by atoms with E-state index < -0.39 is 5.92 Å². The van der Waals surface area contributed by atoms with E-state index >= 15 is 0 Å². The highest BCUT2D eigenvalue weighted by molar-refractivity contribution is 6.04. The third-order valence-corrected chi connectivity index (χ3v) is 5.15. The Bertz CT molecular complexity index is 865.